The van der Waals surface area contributed by atoms with Crippen LogP contribution in [0.25, 0.3) is 0 Å². The summed E-state index contributed by atoms with van der Waals surface area (Å²) in [7, 11) is 2.84. The molecule has 43 heavy (non-hydrogen) atoms. The number of fused-ring (bicyclic) bond motifs is 1. The number of esters is 1. The maximum Gasteiger partial charge on any atom is 0.410 e. The minimum absolute atomic E-state index is 0.271. The van der Waals surface area contributed by atoms with E-state index in [0.29, 0.717) is 40.5 Å². The van der Waals surface area contributed by atoms with E-state index >= 15 is 0 Å². The minimum Gasteiger partial charge on any atom is -0.497 e. The second-order valence-electron chi connectivity index (χ2n) is 10.8. The third-order valence-corrected chi connectivity index (χ3v) is 8.67. The summed E-state index contributed by atoms with van der Waals surface area (Å²) >= 11 is 2.57. The number of nitrogens with one attached hydrogen (secondary N) is 2. The van der Waals surface area contributed by atoms with Crippen LogP contribution in [-0.2, 0) is 27.2 Å². The number of anilines is 2. The van der Waals surface area contributed by atoms with Crippen molar-refractivity contribution in [3.05, 3.63) is 70.1 Å². The highest BCUT2D eigenvalue weighted by atomic mass is 32.2. The highest BCUT2D eigenvalue weighted by Crippen LogP contribution is 2.38. The molecule has 1 atom stereocenters. The van der Waals surface area contributed by atoms with Crippen molar-refractivity contribution in [3.8, 4) is 5.75 Å². The Morgan fingerprint density at radius 2 is 1.77 bits per heavy atom. The first-order valence-corrected chi connectivity index (χ1v) is 15.3. The van der Waals surface area contributed by atoms with E-state index < -0.39 is 22.9 Å². The van der Waals surface area contributed by atoms with Crippen molar-refractivity contribution >= 4 is 57.7 Å². The zero-order valence-corrected chi connectivity index (χ0v) is 26.6. The van der Waals surface area contributed by atoms with Crippen molar-refractivity contribution in [1.29, 1.82) is 0 Å². The van der Waals surface area contributed by atoms with Gasteiger partial charge in [-0.3, -0.25) is 9.59 Å². The van der Waals surface area contributed by atoms with E-state index in [4.69, 9.17) is 14.2 Å². The number of carbonyl (C=O) groups excluding carboxylic acids is 4. The van der Waals surface area contributed by atoms with E-state index in [9.17, 15) is 19.2 Å². The molecule has 1 aliphatic rings. The number of hydrogen-bond donors (Lipinski definition) is 2. The summed E-state index contributed by atoms with van der Waals surface area (Å²) < 4.78 is 15.7. The van der Waals surface area contributed by atoms with E-state index in [0.717, 1.165) is 15.3 Å². The summed E-state index contributed by atoms with van der Waals surface area (Å²) in [5, 5.41) is 5.63. The molecule has 3 amide bonds. The van der Waals surface area contributed by atoms with Gasteiger partial charge in [-0.1, -0.05) is 12.1 Å². The van der Waals surface area contributed by atoms with E-state index in [1.54, 1.807) is 54.3 Å². The first kappa shape index (κ1) is 31.9. The van der Waals surface area contributed by atoms with Gasteiger partial charge in [-0.2, -0.15) is 0 Å². The Morgan fingerprint density at radius 1 is 1.02 bits per heavy atom. The lowest BCUT2D eigenvalue weighted by Gasteiger charge is -2.30. The number of rotatable bonds is 8. The monoisotopic (exact) mass is 625 g/mol. The molecular formula is C31H35N3O7S2. The number of thiophene rings is 1. The highest BCUT2D eigenvalue weighted by Gasteiger charge is 2.33. The topological polar surface area (TPSA) is 123 Å². The molecule has 0 saturated heterocycles. The van der Waals surface area contributed by atoms with E-state index in [2.05, 4.69) is 10.6 Å². The highest BCUT2D eigenvalue weighted by molar-refractivity contribution is 8.00. The molecule has 1 aliphatic heterocycles. The van der Waals surface area contributed by atoms with Gasteiger partial charge in [0.15, 0.2) is 0 Å². The molecule has 2 heterocycles. The molecule has 0 spiro atoms. The molecule has 0 bridgehead atoms. The van der Waals surface area contributed by atoms with E-state index in [1.807, 2.05) is 26.8 Å². The maximum absolute atomic E-state index is 13.3. The zero-order chi connectivity index (χ0) is 31.3. The lowest BCUT2D eigenvalue weighted by atomic mass is 10.0. The fraction of sp³-hybridized carbons (Fsp3) is 0.355. The van der Waals surface area contributed by atoms with Gasteiger partial charge < -0.3 is 29.7 Å². The predicted octanol–water partition coefficient (Wildman–Crippen LogP) is 6.21. The Morgan fingerprint density at radius 3 is 2.47 bits per heavy atom. The zero-order valence-electron chi connectivity index (χ0n) is 24.9. The smallest absolute Gasteiger partial charge is 0.410 e. The molecule has 12 heteroatoms. The van der Waals surface area contributed by atoms with Crippen LogP contribution in [0.3, 0.4) is 0 Å². The molecule has 0 saturated carbocycles. The van der Waals surface area contributed by atoms with Gasteiger partial charge in [-0.25, -0.2) is 9.59 Å². The molecule has 0 radical (unpaired) electrons. The summed E-state index contributed by atoms with van der Waals surface area (Å²) in [6.07, 6.45) is 0.00734. The first-order chi connectivity index (χ1) is 20.4. The Hall–Kier alpha value is -4.03. The van der Waals surface area contributed by atoms with Gasteiger partial charge in [0.05, 0.1) is 31.6 Å². The average molecular weight is 626 g/mol. The summed E-state index contributed by atoms with van der Waals surface area (Å²) in [5.41, 5.74) is 1.50. The summed E-state index contributed by atoms with van der Waals surface area (Å²) in [6, 6.07) is 14.1. The fourth-order valence-corrected chi connectivity index (χ4v) is 6.56. The van der Waals surface area contributed by atoms with Crippen LogP contribution in [0.2, 0.25) is 0 Å². The largest absolute Gasteiger partial charge is 0.497 e. The van der Waals surface area contributed by atoms with Gasteiger partial charge in [0.25, 0.3) is 5.91 Å². The van der Waals surface area contributed by atoms with Crippen LogP contribution in [0.4, 0.5) is 15.5 Å². The number of thioether (sulfide) groups is 1. The molecule has 2 N–H and O–H groups in total. The van der Waals surface area contributed by atoms with Crippen molar-refractivity contribution in [3.63, 3.8) is 0 Å². The van der Waals surface area contributed by atoms with Gasteiger partial charge in [0, 0.05) is 27.6 Å². The number of nitrogens with zero attached hydrogens (tertiary/aromatic N) is 1. The van der Waals surface area contributed by atoms with Crippen LogP contribution in [0.15, 0.2) is 53.4 Å². The number of benzene rings is 2. The van der Waals surface area contributed by atoms with Crippen molar-refractivity contribution in [2.75, 3.05) is 31.4 Å². The first-order valence-electron chi connectivity index (χ1n) is 13.6. The SMILES string of the molecule is COC(=O)c1c(NC(=O)C(C)Sc2cccc(NC(=O)c3cccc(OC)c3)c2)sc2c1CCN(C(=O)OC(C)(C)C)C2. The second kappa shape index (κ2) is 13.5. The van der Waals surface area contributed by atoms with Gasteiger partial charge in [0.2, 0.25) is 5.91 Å². The molecule has 2 aromatic carbocycles. The molecule has 3 aromatic rings. The molecule has 10 nitrogen and oxygen atoms in total. The molecular weight excluding hydrogens is 590 g/mol. The minimum atomic E-state index is -0.627. The number of hydrogen-bond acceptors (Lipinski definition) is 9. The molecule has 4 rings (SSSR count). The fourth-order valence-electron chi connectivity index (χ4n) is 4.38. The quantitative estimate of drug-likeness (QED) is 0.224. The molecule has 0 aliphatic carbocycles. The third kappa shape index (κ3) is 8.08. The summed E-state index contributed by atoms with van der Waals surface area (Å²) in [4.78, 5) is 54.6. The van der Waals surface area contributed by atoms with Gasteiger partial charge in [-0.05, 0) is 76.1 Å². The summed E-state index contributed by atoms with van der Waals surface area (Å²) in [6.45, 7) is 7.84. The maximum atomic E-state index is 13.3. The second-order valence-corrected chi connectivity index (χ2v) is 13.3. The van der Waals surface area contributed by atoms with Crippen LogP contribution in [-0.4, -0.2) is 60.4 Å². The van der Waals surface area contributed by atoms with E-state index in [-0.39, 0.29) is 18.4 Å². The predicted molar refractivity (Wildman–Crippen MR) is 167 cm³/mol. The van der Waals surface area contributed by atoms with Gasteiger partial charge >= 0.3 is 12.1 Å². The van der Waals surface area contributed by atoms with Crippen LogP contribution in [0, 0.1) is 0 Å². The molecule has 228 valence electrons. The number of methoxy groups -OCH3 is 2. The molecule has 1 unspecified atom stereocenters. The van der Waals surface area contributed by atoms with Crippen molar-refractivity contribution in [2.24, 2.45) is 0 Å². The lowest BCUT2D eigenvalue weighted by Crippen LogP contribution is -2.39. The molecule has 1 aromatic heterocycles. The Labute approximate surface area is 259 Å². The van der Waals surface area contributed by atoms with Crippen molar-refractivity contribution < 1.29 is 33.4 Å². The number of ether oxygens (including phenoxy) is 3. The van der Waals surface area contributed by atoms with Gasteiger partial charge in [0.1, 0.15) is 16.4 Å². The van der Waals surface area contributed by atoms with Crippen molar-refractivity contribution in [1.82, 2.24) is 4.90 Å². The Bertz CT molecular complexity index is 1530. The van der Waals surface area contributed by atoms with Crippen LogP contribution in [0.5, 0.6) is 5.75 Å². The van der Waals surface area contributed by atoms with Gasteiger partial charge in [-0.15, -0.1) is 23.1 Å². The Balaban J connectivity index is 1.44. The van der Waals surface area contributed by atoms with E-state index in [1.165, 1.54) is 37.3 Å². The normalized spacial score (nSPS) is 13.4. The summed E-state index contributed by atoms with van der Waals surface area (Å²) in [5.74, 6) is -0.546. The standard InChI is InChI=1S/C31H35N3O7S2/c1-18(42-22-12-8-10-20(16-22)32-27(36)19-9-7-11-21(15-19)39-5)26(35)33-28-25(29(37)40-6)23-13-14-34(17-24(23)43-28)30(38)41-31(2,3)4/h7-12,15-16,18H,13-14,17H2,1-6H3,(H,32,36)(H,33,35). The van der Waals surface area contributed by atoms with Crippen LogP contribution >= 0.6 is 23.1 Å². The average Bonchev–Trinajstić information content (AvgIpc) is 3.33. The lowest BCUT2D eigenvalue weighted by molar-refractivity contribution is -0.115. The number of carbonyl (C=O) groups is 4. The Kier molecular flexibility index (Phi) is 10.0. The van der Waals surface area contributed by atoms with Crippen LogP contribution in [0.1, 0.15) is 58.9 Å². The molecule has 0 fully saturated rings. The van der Waals surface area contributed by atoms with Crippen LogP contribution < -0.4 is 15.4 Å². The third-order valence-electron chi connectivity index (χ3n) is 6.44. The van der Waals surface area contributed by atoms with Crippen molar-refractivity contribution in [2.45, 2.75) is 56.4 Å². The number of amides is 3.